The first-order valence-corrected chi connectivity index (χ1v) is 6.73. The lowest BCUT2D eigenvalue weighted by Crippen LogP contribution is -2.13. The van der Waals surface area contributed by atoms with Crippen molar-refractivity contribution >= 4 is 23.2 Å². The normalized spacial score (nSPS) is 10.3. The van der Waals surface area contributed by atoms with E-state index in [9.17, 15) is 9.18 Å². The summed E-state index contributed by atoms with van der Waals surface area (Å²) >= 11 is 5.99. The van der Waals surface area contributed by atoms with Crippen LogP contribution in [-0.4, -0.2) is 5.91 Å². The summed E-state index contributed by atoms with van der Waals surface area (Å²) in [6, 6.07) is 11.7. The quantitative estimate of drug-likeness (QED) is 0.891. The van der Waals surface area contributed by atoms with Gasteiger partial charge in [0.25, 0.3) is 0 Å². The van der Waals surface area contributed by atoms with E-state index in [1.54, 1.807) is 30.3 Å². The number of amides is 1. The van der Waals surface area contributed by atoms with Crippen LogP contribution in [-0.2, 0) is 11.2 Å². The first-order valence-electron chi connectivity index (χ1n) is 6.35. The first-order chi connectivity index (χ1) is 9.56. The molecular weight excluding hydrogens is 277 g/mol. The molecule has 4 heteroatoms. The minimum atomic E-state index is -0.284. The highest BCUT2D eigenvalue weighted by Crippen LogP contribution is 2.23. The molecule has 2 nitrogen and oxygen atoms in total. The van der Waals surface area contributed by atoms with Gasteiger partial charge >= 0.3 is 0 Å². The summed E-state index contributed by atoms with van der Waals surface area (Å²) in [7, 11) is 0. The Kier molecular flexibility index (Phi) is 4.74. The van der Waals surface area contributed by atoms with E-state index in [4.69, 9.17) is 11.6 Å². The summed E-state index contributed by atoms with van der Waals surface area (Å²) in [6.45, 7) is 1.85. The Labute approximate surface area is 122 Å². The van der Waals surface area contributed by atoms with E-state index in [-0.39, 0.29) is 11.7 Å². The van der Waals surface area contributed by atoms with Crippen LogP contribution in [0.3, 0.4) is 0 Å². The van der Waals surface area contributed by atoms with Crippen LogP contribution in [0.4, 0.5) is 10.1 Å². The topological polar surface area (TPSA) is 29.1 Å². The second-order valence-electron chi connectivity index (χ2n) is 4.59. The molecule has 0 atom stereocenters. The standard InChI is InChI=1S/C16H15ClFNO/c1-11-14(17)6-3-7-15(11)19-16(20)9-8-12-4-2-5-13(18)10-12/h2-7,10H,8-9H2,1H3,(H,19,20). The molecule has 0 spiro atoms. The van der Waals surface area contributed by atoms with E-state index in [1.165, 1.54) is 12.1 Å². The maximum absolute atomic E-state index is 13.0. The number of aryl methyl sites for hydroxylation is 1. The minimum Gasteiger partial charge on any atom is -0.326 e. The number of nitrogens with one attached hydrogen (secondary N) is 1. The average Bonchev–Trinajstić information content (AvgIpc) is 2.42. The van der Waals surface area contributed by atoms with Crippen molar-refractivity contribution in [3.8, 4) is 0 Å². The molecular formula is C16H15ClFNO. The first kappa shape index (κ1) is 14.5. The highest BCUT2D eigenvalue weighted by molar-refractivity contribution is 6.31. The highest BCUT2D eigenvalue weighted by atomic mass is 35.5. The predicted octanol–water partition coefficient (Wildman–Crippen LogP) is 4.36. The number of benzene rings is 2. The molecule has 0 aliphatic rings. The van der Waals surface area contributed by atoms with Crippen LogP contribution in [0.15, 0.2) is 42.5 Å². The Hall–Kier alpha value is -1.87. The Morgan fingerprint density at radius 3 is 2.75 bits per heavy atom. The molecule has 0 fully saturated rings. The molecule has 0 saturated carbocycles. The van der Waals surface area contributed by atoms with E-state index in [0.29, 0.717) is 23.6 Å². The van der Waals surface area contributed by atoms with Crippen molar-refractivity contribution in [1.29, 1.82) is 0 Å². The summed E-state index contributed by atoms with van der Waals surface area (Å²) < 4.78 is 13.0. The van der Waals surface area contributed by atoms with Gasteiger partial charge in [-0.05, 0) is 48.7 Å². The Morgan fingerprint density at radius 2 is 2.00 bits per heavy atom. The van der Waals surface area contributed by atoms with Crippen LogP contribution in [0.5, 0.6) is 0 Å². The Balaban J connectivity index is 1.94. The molecule has 0 aliphatic heterocycles. The van der Waals surface area contributed by atoms with Gasteiger partial charge in [-0.15, -0.1) is 0 Å². The van der Waals surface area contributed by atoms with E-state index in [2.05, 4.69) is 5.32 Å². The molecule has 2 rings (SSSR count). The monoisotopic (exact) mass is 291 g/mol. The summed E-state index contributed by atoms with van der Waals surface area (Å²) in [6.07, 6.45) is 0.804. The van der Waals surface area contributed by atoms with E-state index >= 15 is 0 Å². The van der Waals surface area contributed by atoms with Crippen LogP contribution in [0.25, 0.3) is 0 Å². The molecule has 0 radical (unpaired) electrons. The second-order valence-corrected chi connectivity index (χ2v) is 5.00. The van der Waals surface area contributed by atoms with E-state index < -0.39 is 0 Å². The zero-order valence-electron chi connectivity index (χ0n) is 11.1. The van der Waals surface area contributed by atoms with Crippen molar-refractivity contribution in [3.05, 3.63) is 64.4 Å². The van der Waals surface area contributed by atoms with Gasteiger partial charge in [0.15, 0.2) is 0 Å². The van der Waals surface area contributed by atoms with Crippen LogP contribution >= 0.6 is 11.6 Å². The van der Waals surface area contributed by atoms with E-state index in [0.717, 1.165) is 11.1 Å². The lowest BCUT2D eigenvalue weighted by molar-refractivity contribution is -0.116. The Bertz CT molecular complexity index is 628. The third kappa shape index (κ3) is 3.81. The predicted molar refractivity (Wildman–Crippen MR) is 79.5 cm³/mol. The van der Waals surface area contributed by atoms with Crippen LogP contribution in [0.1, 0.15) is 17.5 Å². The lowest BCUT2D eigenvalue weighted by Gasteiger charge is -2.09. The molecule has 0 heterocycles. The maximum Gasteiger partial charge on any atom is 0.224 e. The number of anilines is 1. The fraction of sp³-hybridized carbons (Fsp3) is 0.188. The molecule has 20 heavy (non-hydrogen) atoms. The SMILES string of the molecule is Cc1c(Cl)cccc1NC(=O)CCc1cccc(F)c1. The summed E-state index contributed by atoms with van der Waals surface area (Å²) in [5.41, 5.74) is 2.36. The largest absolute Gasteiger partial charge is 0.326 e. The van der Waals surface area contributed by atoms with Gasteiger partial charge in [0.05, 0.1) is 0 Å². The number of hydrogen-bond acceptors (Lipinski definition) is 1. The van der Waals surface area contributed by atoms with E-state index in [1.807, 2.05) is 6.92 Å². The van der Waals surface area contributed by atoms with Crippen molar-refractivity contribution in [1.82, 2.24) is 0 Å². The van der Waals surface area contributed by atoms with Gasteiger partial charge in [0.1, 0.15) is 5.82 Å². The van der Waals surface area contributed by atoms with Gasteiger partial charge in [0, 0.05) is 17.1 Å². The summed E-state index contributed by atoms with van der Waals surface area (Å²) in [4.78, 5) is 11.9. The van der Waals surface area contributed by atoms with Crippen molar-refractivity contribution in [3.63, 3.8) is 0 Å². The minimum absolute atomic E-state index is 0.111. The van der Waals surface area contributed by atoms with Crippen molar-refractivity contribution in [2.45, 2.75) is 19.8 Å². The number of halogens is 2. The number of carbonyl (C=O) groups is 1. The van der Waals surface area contributed by atoms with Gasteiger partial charge in [-0.3, -0.25) is 4.79 Å². The number of carbonyl (C=O) groups excluding carboxylic acids is 1. The van der Waals surface area contributed by atoms with Gasteiger partial charge < -0.3 is 5.32 Å². The van der Waals surface area contributed by atoms with Crippen molar-refractivity contribution in [2.24, 2.45) is 0 Å². The number of rotatable bonds is 4. The third-order valence-corrected chi connectivity index (χ3v) is 3.48. The fourth-order valence-corrected chi connectivity index (χ4v) is 2.08. The van der Waals surface area contributed by atoms with Gasteiger partial charge in [0.2, 0.25) is 5.91 Å². The van der Waals surface area contributed by atoms with Crippen LogP contribution < -0.4 is 5.32 Å². The molecule has 0 aromatic heterocycles. The molecule has 0 unspecified atom stereocenters. The Morgan fingerprint density at radius 1 is 1.25 bits per heavy atom. The molecule has 2 aromatic carbocycles. The second kappa shape index (κ2) is 6.53. The van der Waals surface area contributed by atoms with Crippen molar-refractivity contribution in [2.75, 3.05) is 5.32 Å². The molecule has 0 saturated heterocycles. The zero-order valence-corrected chi connectivity index (χ0v) is 11.9. The van der Waals surface area contributed by atoms with Gasteiger partial charge in [-0.1, -0.05) is 29.8 Å². The van der Waals surface area contributed by atoms with Gasteiger partial charge in [-0.25, -0.2) is 4.39 Å². The summed E-state index contributed by atoms with van der Waals surface area (Å²) in [5.74, 6) is -0.395. The fourth-order valence-electron chi connectivity index (χ4n) is 1.91. The lowest BCUT2D eigenvalue weighted by atomic mass is 10.1. The maximum atomic E-state index is 13.0. The van der Waals surface area contributed by atoms with Gasteiger partial charge in [-0.2, -0.15) is 0 Å². The highest BCUT2D eigenvalue weighted by Gasteiger charge is 2.07. The van der Waals surface area contributed by atoms with Crippen LogP contribution in [0.2, 0.25) is 5.02 Å². The molecule has 1 amide bonds. The third-order valence-electron chi connectivity index (χ3n) is 3.07. The zero-order chi connectivity index (χ0) is 14.5. The van der Waals surface area contributed by atoms with Crippen LogP contribution in [0, 0.1) is 12.7 Å². The number of hydrogen-bond donors (Lipinski definition) is 1. The molecule has 0 bridgehead atoms. The van der Waals surface area contributed by atoms with Crippen molar-refractivity contribution < 1.29 is 9.18 Å². The summed E-state index contributed by atoms with van der Waals surface area (Å²) in [5, 5.41) is 3.44. The molecule has 1 N–H and O–H groups in total. The molecule has 0 aliphatic carbocycles. The smallest absolute Gasteiger partial charge is 0.224 e. The average molecular weight is 292 g/mol. The molecule has 2 aromatic rings. The molecule has 104 valence electrons.